The van der Waals surface area contributed by atoms with E-state index >= 15 is 0 Å². The van der Waals surface area contributed by atoms with Gasteiger partial charge in [-0.2, -0.15) is 4.31 Å². The van der Waals surface area contributed by atoms with Crippen molar-refractivity contribution in [3.8, 4) is 10.4 Å². The summed E-state index contributed by atoms with van der Waals surface area (Å²) in [5, 5.41) is 3.01. The Morgan fingerprint density at radius 3 is 2.45 bits per heavy atom. The van der Waals surface area contributed by atoms with E-state index in [-0.39, 0.29) is 5.91 Å². The number of piperidine rings is 1. The number of carbonyl (C=O) groups is 1. The Balaban J connectivity index is 1.29. The number of nitrogens with one attached hydrogen (secondary N) is 1. The van der Waals surface area contributed by atoms with Crippen molar-refractivity contribution in [1.29, 1.82) is 0 Å². The number of carbonyl (C=O) groups excluding carboxylic acids is 1. The third-order valence-corrected chi connectivity index (χ3v) is 9.89. The highest BCUT2D eigenvalue weighted by Gasteiger charge is 2.27. The van der Waals surface area contributed by atoms with Gasteiger partial charge >= 0.3 is 0 Å². The molecular formula is C24H33N3O4S2. The molecule has 0 unspecified atom stereocenters. The monoisotopic (exact) mass is 491 g/mol. The summed E-state index contributed by atoms with van der Waals surface area (Å²) < 4.78 is 32.8. The molecule has 180 valence electrons. The van der Waals surface area contributed by atoms with Gasteiger partial charge in [0.05, 0.1) is 13.2 Å². The van der Waals surface area contributed by atoms with Crippen molar-refractivity contribution >= 4 is 27.3 Å². The maximum absolute atomic E-state index is 12.8. The van der Waals surface area contributed by atoms with Crippen molar-refractivity contribution in [1.82, 2.24) is 14.5 Å². The van der Waals surface area contributed by atoms with Crippen molar-refractivity contribution in [3.63, 3.8) is 0 Å². The average Bonchev–Trinajstić information content (AvgIpc) is 3.35. The Morgan fingerprint density at radius 2 is 1.76 bits per heavy atom. The topological polar surface area (TPSA) is 79.0 Å². The molecule has 9 heteroatoms. The summed E-state index contributed by atoms with van der Waals surface area (Å²) in [5.74, 6) is 0.759. The molecule has 0 bridgehead atoms. The summed E-state index contributed by atoms with van der Waals surface area (Å²) in [4.78, 5) is 15.8. The van der Waals surface area contributed by atoms with Crippen molar-refractivity contribution in [2.45, 2.75) is 30.4 Å². The normalized spacial score (nSPS) is 18.9. The Kier molecular flexibility index (Phi) is 8.19. The molecule has 2 saturated heterocycles. The highest BCUT2D eigenvalue weighted by Crippen LogP contribution is 2.32. The third-order valence-electron chi connectivity index (χ3n) is 6.39. The maximum atomic E-state index is 12.8. The molecule has 0 atom stereocenters. The van der Waals surface area contributed by atoms with Gasteiger partial charge in [0.1, 0.15) is 4.21 Å². The van der Waals surface area contributed by atoms with Crippen LogP contribution < -0.4 is 5.32 Å². The van der Waals surface area contributed by atoms with Gasteiger partial charge in [-0.05, 0) is 74.6 Å². The average molecular weight is 492 g/mol. The van der Waals surface area contributed by atoms with E-state index in [1.54, 1.807) is 18.2 Å². The molecule has 33 heavy (non-hydrogen) atoms. The van der Waals surface area contributed by atoms with Crippen LogP contribution in [-0.2, 0) is 14.8 Å². The summed E-state index contributed by atoms with van der Waals surface area (Å²) in [5.41, 5.74) is 1.52. The van der Waals surface area contributed by atoms with E-state index in [2.05, 4.69) is 17.1 Å². The van der Waals surface area contributed by atoms with Gasteiger partial charge in [-0.25, -0.2) is 8.42 Å². The molecular weight excluding hydrogens is 458 g/mol. The van der Waals surface area contributed by atoms with Gasteiger partial charge in [-0.15, -0.1) is 11.3 Å². The predicted molar refractivity (Wildman–Crippen MR) is 131 cm³/mol. The van der Waals surface area contributed by atoms with Crippen LogP contribution in [0.25, 0.3) is 10.4 Å². The molecule has 1 aromatic carbocycles. The summed E-state index contributed by atoms with van der Waals surface area (Å²) in [6, 6.07) is 10.8. The quantitative estimate of drug-likeness (QED) is 0.574. The standard InChI is InChI=1S/C24H33N3O4S2/c1-19-9-13-26(14-10-19)12-2-11-25-24(28)21-5-3-20(4-6-21)22-7-8-23(32-22)33(29,30)27-15-17-31-18-16-27/h3-8,19H,2,9-18H2,1H3,(H,25,28). The fraction of sp³-hybridized carbons (Fsp3) is 0.542. The van der Waals surface area contributed by atoms with E-state index in [1.165, 1.54) is 28.5 Å². The molecule has 1 amide bonds. The first-order chi connectivity index (χ1) is 15.9. The molecule has 4 rings (SSSR count). The van der Waals surface area contributed by atoms with Gasteiger partial charge in [-0.1, -0.05) is 19.1 Å². The molecule has 3 heterocycles. The van der Waals surface area contributed by atoms with Gasteiger partial charge in [0.15, 0.2) is 0 Å². The number of nitrogens with zero attached hydrogens (tertiary/aromatic N) is 2. The van der Waals surface area contributed by atoms with Crippen LogP contribution in [-0.4, -0.2) is 76.0 Å². The van der Waals surface area contributed by atoms with Crippen LogP contribution in [0.4, 0.5) is 0 Å². The molecule has 0 aliphatic carbocycles. The first-order valence-electron chi connectivity index (χ1n) is 11.7. The second kappa shape index (κ2) is 11.1. The Bertz CT molecular complexity index is 1020. The number of morpholine rings is 1. The lowest BCUT2D eigenvalue weighted by Gasteiger charge is -2.30. The summed E-state index contributed by atoms with van der Waals surface area (Å²) in [7, 11) is -3.49. The molecule has 2 aliphatic heterocycles. The highest BCUT2D eigenvalue weighted by molar-refractivity contribution is 7.91. The van der Waals surface area contributed by atoms with E-state index in [9.17, 15) is 13.2 Å². The van der Waals surface area contributed by atoms with Crippen molar-refractivity contribution < 1.29 is 17.9 Å². The fourth-order valence-corrected chi connectivity index (χ4v) is 7.08. The number of benzene rings is 1. The molecule has 0 saturated carbocycles. The smallest absolute Gasteiger partial charge is 0.252 e. The van der Waals surface area contributed by atoms with E-state index in [0.29, 0.717) is 42.6 Å². The van der Waals surface area contributed by atoms with Crippen molar-refractivity contribution in [2.24, 2.45) is 5.92 Å². The van der Waals surface area contributed by atoms with Crippen LogP contribution in [0, 0.1) is 5.92 Å². The lowest BCUT2D eigenvalue weighted by atomic mass is 9.99. The molecule has 0 radical (unpaired) electrons. The number of hydrogen-bond donors (Lipinski definition) is 1. The molecule has 1 aromatic heterocycles. The lowest BCUT2D eigenvalue weighted by Crippen LogP contribution is -2.40. The number of sulfonamides is 1. The van der Waals surface area contributed by atoms with Crippen LogP contribution in [0.3, 0.4) is 0 Å². The zero-order chi connectivity index (χ0) is 23.3. The van der Waals surface area contributed by atoms with Crippen LogP contribution in [0.5, 0.6) is 0 Å². The maximum Gasteiger partial charge on any atom is 0.252 e. The molecule has 2 aromatic rings. The summed E-state index contributed by atoms with van der Waals surface area (Å²) in [6.45, 7) is 7.96. The first-order valence-corrected chi connectivity index (χ1v) is 14.0. The van der Waals surface area contributed by atoms with Gasteiger partial charge < -0.3 is 15.0 Å². The second-order valence-electron chi connectivity index (χ2n) is 8.85. The number of thiophene rings is 1. The number of amides is 1. The minimum absolute atomic E-state index is 0.0735. The van der Waals surface area contributed by atoms with Gasteiger partial charge in [0.2, 0.25) is 0 Å². The SMILES string of the molecule is CC1CCN(CCCNC(=O)c2ccc(-c3ccc(S(=O)(=O)N4CCOCC4)s3)cc2)CC1. The molecule has 7 nitrogen and oxygen atoms in total. The Labute approximate surface area is 200 Å². The largest absolute Gasteiger partial charge is 0.379 e. The minimum atomic E-state index is -3.49. The van der Waals surface area contributed by atoms with E-state index in [4.69, 9.17) is 4.74 Å². The summed E-state index contributed by atoms with van der Waals surface area (Å²) >= 11 is 1.26. The van der Waals surface area contributed by atoms with E-state index in [0.717, 1.165) is 42.4 Å². The second-order valence-corrected chi connectivity index (χ2v) is 12.1. The highest BCUT2D eigenvalue weighted by atomic mass is 32.2. The number of rotatable bonds is 8. The Hall–Kier alpha value is -1.78. The van der Waals surface area contributed by atoms with Gasteiger partial charge in [0, 0.05) is 30.1 Å². The molecule has 2 fully saturated rings. The van der Waals surface area contributed by atoms with Crippen LogP contribution in [0.2, 0.25) is 0 Å². The molecule has 1 N–H and O–H groups in total. The zero-order valence-electron chi connectivity index (χ0n) is 19.2. The fourth-order valence-electron chi connectivity index (χ4n) is 4.21. The van der Waals surface area contributed by atoms with Crippen molar-refractivity contribution in [3.05, 3.63) is 42.0 Å². The van der Waals surface area contributed by atoms with Gasteiger partial charge in [0.25, 0.3) is 15.9 Å². The van der Waals surface area contributed by atoms with Crippen LogP contribution in [0.15, 0.2) is 40.6 Å². The number of likely N-dealkylation sites (tertiary alicyclic amines) is 1. The zero-order valence-corrected chi connectivity index (χ0v) is 20.8. The predicted octanol–water partition coefficient (Wildman–Crippen LogP) is 3.29. The molecule has 2 aliphatic rings. The van der Waals surface area contributed by atoms with Crippen LogP contribution >= 0.6 is 11.3 Å². The van der Waals surface area contributed by atoms with E-state index in [1.807, 2.05) is 18.2 Å². The van der Waals surface area contributed by atoms with Crippen LogP contribution in [0.1, 0.15) is 36.5 Å². The third kappa shape index (κ3) is 6.22. The Morgan fingerprint density at radius 1 is 1.06 bits per heavy atom. The lowest BCUT2D eigenvalue weighted by molar-refractivity contribution is 0.0731. The number of hydrogen-bond acceptors (Lipinski definition) is 6. The summed E-state index contributed by atoms with van der Waals surface area (Å²) in [6.07, 6.45) is 3.49. The molecule has 0 spiro atoms. The van der Waals surface area contributed by atoms with Crippen molar-refractivity contribution in [2.75, 3.05) is 52.5 Å². The van der Waals surface area contributed by atoms with Gasteiger partial charge in [-0.3, -0.25) is 4.79 Å². The number of ether oxygens (including phenoxy) is 1. The van der Waals surface area contributed by atoms with E-state index < -0.39 is 10.0 Å². The first kappa shape index (κ1) is 24.3. The minimum Gasteiger partial charge on any atom is -0.379 e.